The van der Waals surface area contributed by atoms with Gasteiger partial charge in [-0.3, -0.25) is 4.72 Å². The van der Waals surface area contributed by atoms with E-state index in [0.717, 1.165) is 35.6 Å². The largest absolute Gasteiger partial charge is 0.311 e. The van der Waals surface area contributed by atoms with Gasteiger partial charge in [0, 0.05) is 24.4 Å². The van der Waals surface area contributed by atoms with Gasteiger partial charge in [0.1, 0.15) is 0 Å². The second-order valence-electron chi connectivity index (χ2n) is 4.73. The van der Waals surface area contributed by atoms with E-state index in [1.54, 1.807) is 24.3 Å². The van der Waals surface area contributed by atoms with Crippen LogP contribution in [0.15, 0.2) is 29.2 Å². The zero-order valence-corrected chi connectivity index (χ0v) is 12.6. The highest BCUT2D eigenvalue weighted by molar-refractivity contribution is 7.93. The lowest BCUT2D eigenvalue weighted by molar-refractivity contribution is 0.601. The Labute approximate surface area is 122 Å². The van der Waals surface area contributed by atoms with Gasteiger partial charge >= 0.3 is 0 Å². The standard InChI is InChI=1S/C13H15N3O2S2/c1-9-2-4-10(5-3-9)20(17,18)16-13-15-11-6-7-14-8-12(11)19-13/h2-5,14H,6-8H2,1H3,(H,15,16). The van der Waals surface area contributed by atoms with Crippen LogP contribution in [-0.4, -0.2) is 19.9 Å². The predicted octanol–water partition coefficient (Wildman–Crippen LogP) is 1.90. The summed E-state index contributed by atoms with van der Waals surface area (Å²) < 4.78 is 27.1. The fraction of sp³-hybridized carbons (Fsp3) is 0.308. The summed E-state index contributed by atoms with van der Waals surface area (Å²) in [7, 11) is -3.55. The van der Waals surface area contributed by atoms with Crippen LogP contribution in [0.1, 0.15) is 16.1 Å². The van der Waals surface area contributed by atoms with E-state index in [9.17, 15) is 8.42 Å². The van der Waals surface area contributed by atoms with Gasteiger partial charge in [-0.05, 0) is 19.1 Å². The minimum absolute atomic E-state index is 0.259. The maximum Gasteiger partial charge on any atom is 0.263 e. The Balaban J connectivity index is 1.86. The van der Waals surface area contributed by atoms with Crippen LogP contribution < -0.4 is 10.0 Å². The van der Waals surface area contributed by atoms with Crippen molar-refractivity contribution in [3.8, 4) is 0 Å². The molecule has 0 amide bonds. The molecule has 2 aromatic rings. The molecule has 0 spiro atoms. The van der Waals surface area contributed by atoms with Crippen LogP contribution in [0.5, 0.6) is 0 Å². The van der Waals surface area contributed by atoms with E-state index in [4.69, 9.17) is 0 Å². The van der Waals surface area contributed by atoms with E-state index in [1.807, 2.05) is 6.92 Å². The number of benzene rings is 1. The van der Waals surface area contributed by atoms with Crippen LogP contribution in [0.3, 0.4) is 0 Å². The van der Waals surface area contributed by atoms with E-state index in [0.29, 0.717) is 5.13 Å². The first-order valence-corrected chi connectivity index (χ1v) is 8.63. The molecule has 0 bridgehead atoms. The normalized spacial score (nSPS) is 14.8. The number of rotatable bonds is 3. The number of nitrogens with zero attached hydrogens (tertiary/aromatic N) is 1. The lowest BCUT2D eigenvalue weighted by atomic mass is 10.2. The Morgan fingerprint density at radius 2 is 2.05 bits per heavy atom. The Morgan fingerprint density at radius 1 is 1.30 bits per heavy atom. The van der Waals surface area contributed by atoms with Crippen molar-refractivity contribution in [2.75, 3.05) is 11.3 Å². The number of aromatic nitrogens is 1. The fourth-order valence-electron chi connectivity index (χ4n) is 2.06. The summed E-state index contributed by atoms with van der Waals surface area (Å²) in [6.45, 7) is 3.58. The average molecular weight is 309 g/mol. The third kappa shape index (κ3) is 2.70. The van der Waals surface area contributed by atoms with Crippen molar-refractivity contribution in [3.63, 3.8) is 0 Å². The second-order valence-corrected chi connectivity index (χ2v) is 7.50. The molecule has 0 unspecified atom stereocenters. The predicted molar refractivity (Wildman–Crippen MR) is 79.5 cm³/mol. The SMILES string of the molecule is Cc1ccc(S(=O)(=O)Nc2nc3c(s2)CNCC3)cc1. The molecule has 1 aromatic heterocycles. The Bertz CT molecular complexity index is 697. The van der Waals surface area contributed by atoms with Crippen LogP contribution in [0.2, 0.25) is 0 Å². The van der Waals surface area contributed by atoms with Gasteiger partial charge in [0.2, 0.25) is 0 Å². The lowest BCUT2D eigenvalue weighted by Gasteiger charge is -2.09. The van der Waals surface area contributed by atoms with Gasteiger partial charge in [-0.1, -0.05) is 29.0 Å². The molecule has 2 heterocycles. The Morgan fingerprint density at radius 3 is 2.75 bits per heavy atom. The molecule has 0 fully saturated rings. The van der Waals surface area contributed by atoms with Crippen molar-refractivity contribution in [1.82, 2.24) is 10.3 Å². The van der Waals surface area contributed by atoms with E-state index in [-0.39, 0.29) is 4.90 Å². The molecule has 0 radical (unpaired) electrons. The fourth-order valence-corrected chi connectivity index (χ4v) is 4.27. The minimum Gasteiger partial charge on any atom is -0.311 e. The summed E-state index contributed by atoms with van der Waals surface area (Å²) >= 11 is 1.40. The maximum atomic E-state index is 12.3. The molecule has 106 valence electrons. The van der Waals surface area contributed by atoms with Crippen LogP contribution in [-0.2, 0) is 23.0 Å². The molecule has 0 saturated heterocycles. The first-order valence-electron chi connectivity index (χ1n) is 6.33. The molecule has 1 aromatic carbocycles. The van der Waals surface area contributed by atoms with Crippen molar-refractivity contribution < 1.29 is 8.42 Å². The third-order valence-corrected chi connectivity index (χ3v) is 5.65. The minimum atomic E-state index is -3.55. The first kappa shape index (κ1) is 13.5. The molecule has 1 aliphatic heterocycles. The third-order valence-electron chi connectivity index (χ3n) is 3.16. The van der Waals surface area contributed by atoms with Crippen LogP contribution >= 0.6 is 11.3 Å². The van der Waals surface area contributed by atoms with E-state index < -0.39 is 10.0 Å². The van der Waals surface area contributed by atoms with E-state index in [1.165, 1.54) is 11.3 Å². The van der Waals surface area contributed by atoms with Crippen LogP contribution in [0, 0.1) is 6.92 Å². The molecule has 0 saturated carbocycles. The van der Waals surface area contributed by atoms with Crippen molar-refractivity contribution in [3.05, 3.63) is 40.4 Å². The number of hydrogen-bond acceptors (Lipinski definition) is 5. The van der Waals surface area contributed by atoms with E-state index >= 15 is 0 Å². The zero-order chi connectivity index (χ0) is 14.2. The first-order chi connectivity index (χ1) is 9.54. The summed E-state index contributed by atoms with van der Waals surface area (Å²) in [6, 6.07) is 6.77. The summed E-state index contributed by atoms with van der Waals surface area (Å²) in [5.74, 6) is 0. The quantitative estimate of drug-likeness (QED) is 0.908. The number of nitrogens with one attached hydrogen (secondary N) is 2. The van der Waals surface area contributed by atoms with Gasteiger partial charge in [0.15, 0.2) is 5.13 Å². The summed E-state index contributed by atoms with van der Waals surface area (Å²) in [4.78, 5) is 5.74. The van der Waals surface area contributed by atoms with Crippen LogP contribution in [0.4, 0.5) is 5.13 Å². The number of sulfonamides is 1. The highest BCUT2D eigenvalue weighted by Gasteiger charge is 2.19. The van der Waals surface area contributed by atoms with Gasteiger partial charge in [0.05, 0.1) is 10.6 Å². The number of hydrogen-bond donors (Lipinski definition) is 2. The highest BCUT2D eigenvalue weighted by atomic mass is 32.2. The molecule has 1 aliphatic rings. The van der Waals surface area contributed by atoms with Gasteiger partial charge < -0.3 is 5.32 Å². The Hall–Kier alpha value is -1.44. The van der Waals surface area contributed by atoms with Gasteiger partial charge in [-0.15, -0.1) is 0 Å². The average Bonchev–Trinajstić information content (AvgIpc) is 2.80. The Kier molecular flexibility index (Phi) is 3.49. The van der Waals surface area contributed by atoms with Gasteiger partial charge in [-0.25, -0.2) is 13.4 Å². The highest BCUT2D eigenvalue weighted by Crippen LogP contribution is 2.27. The molecular formula is C13H15N3O2S2. The van der Waals surface area contributed by atoms with Crippen molar-refractivity contribution in [2.45, 2.75) is 24.8 Å². The number of aryl methyl sites for hydroxylation is 1. The monoisotopic (exact) mass is 309 g/mol. The molecule has 0 aliphatic carbocycles. The van der Waals surface area contributed by atoms with Crippen molar-refractivity contribution >= 4 is 26.5 Å². The number of thiazole rings is 1. The van der Waals surface area contributed by atoms with E-state index in [2.05, 4.69) is 15.0 Å². The molecule has 20 heavy (non-hydrogen) atoms. The lowest BCUT2D eigenvalue weighted by Crippen LogP contribution is -2.22. The summed E-state index contributed by atoms with van der Waals surface area (Å²) in [5, 5.41) is 3.69. The van der Waals surface area contributed by atoms with Gasteiger partial charge in [0.25, 0.3) is 10.0 Å². The molecule has 0 atom stereocenters. The summed E-state index contributed by atoms with van der Waals surface area (Å²) in [5.41, 5.74) is 2.02. The van der Waals surface area contributed by atoms with Crippen molar-refractivity contribution in [1.29, 1.82) is 0 Å². The molecule has 2 N–H and O–H groups in total. The molecule has 3 rings (SSSR count). The second kappa shape index (κ2) is 5.16. The smallest absolute Gasteiger partial charge is 0.263 e. The van der Waals surface area contributed by atoms with Gasteiger partial charge in [-0.2, -0.15) is 0 Å². The molecular weight excluding hydrogens is 294 g/mol. The summed E-state index contributed by atoms with van der Waals surface area (Å²) in [6.07, 6.45) is 0.845. The number of anilines is 1. The zero-order valence-electron chi connectivity index (χ0n) is 11.0. The maximum absolute atomic E-state index is 12.3. The van der Waals surface area contributed by atoms with Crippen molar-refractivity contribution in [2.24, 2.45) is 0 Å². The molecule has 7 heteroatoms. The number of fused-ring (bicyclic) bond motifs is 1. The molecule has 5 nitrogen and oxygen atoms in total. The topological polar surface area (TPSA) is 71.1 Å². The van der Waals surface area contributed by atoms with Crippen LogP contribution in [0.25, 0.3) is 0 Å².